The summed E-state index contributed by atoms with van der Waals surface area (Å²) in [5.74, 6) is -0.726. The number of hydrogen-bond donors (Lipinski definition) is 1. The van der Waals surface area contributed by atoms with Crippen LogP contribution in [-0.2, 0) is 19.1 Å². The lowest BCUT2D eigenvalue weighted by molar-refractivity contribution is -0.151. The standard InChI is InChI=1S/C19H26N2O4/c1-3-25-19(24)16-10-7-11-21(13-16)18(23)12-17(20-14(2)22)15-8-5-4-6-9-15/h4-6,8-9,16-17H,3,7,10-13H2,1-2H3,(H,20,22)/t16-,17-/m1/s1. The summed E-state index contributed by atoms with van der Waals surface area (Å²) in [6.45, 7) is 4.59. The number of esters is 1. The average Bonchev–Trinajstić information content (AvgIpc) is 2.62. The van der Waals surface area contributed by atoms with E-state index in [0.29, 0.717) is 19.7 Å². The number of hydrogen-bond acceptors (Lipinski definition) is 4. The summed E-state index contributed by atoms with van der Waals surface area (Å²) >= 11 is 0. The van der Waals surface area contributed by atoms with E-state index in [1.54, 1.807) is 11.8 Å². The van der Waals surface area contributed by atoms with Crippen LogP contribution in [0.25, 0.3) is 0 Å². The Morgan fingerprint density at radius 2 is 2.00 bits per heavy atom. The first-order chi connectivity index (χ1) is 12.0. The Morgan fingerprint density at radius 1 is 1.28 bits per heavy atom. The van der Waals surface area contributed by atoms with Gasteiger partial charge in [-0.2, -0.15) is 0 Å². The van der Waals surface area contributed by atoms with E-state index in [2.05, 4.69) is 5.32 Å². The highest BCUT2D eigenvalue weighted by molar-refractivity contribution is 5.80. The van der Waals surface area contributed by atoms with Crippen molar-refractivity contribution >= 4 is 17.8 Å². The lowest BCUT2D eigenvalue weighted by atomic mass is 9.96. The molecule has 0 radical (unpaired) electrons. The average molecular weight is 346 g/mol. The quantitative estimate of drug-likeness (QED) is 0.800. The first-order valence-electron chi connectivity index (χ1n) is 8.77. The van der Waals surface area contributed by atoms with Gasteiger partial charge in [0.25, 0.3) is 0 Å². The van der Waals surface area contributed by atoms with Crippen molar-refractivity contribution < 1.29 is 19.1 Å². The van der Waals surface area contributed by atoms with Crippen molar-refractivity contribution in [3.8, 4) is 0 Å². The molecular formula is C19H26N2O4. The van der Waals surface area contributed by atoms with Gasteiger partial charge >= 0.3 is 5.97 Å². The number of rotatable bonds is 6. The van der Waals surface area contributed by atoms with Gasteiger partial charge in [0.2, 0.25) is 11.8 Å². The molecule has 2 amide bonds. The van der Waals surface area contributed by atoms with Gasteiger partial charge in [-0.3, -0.25) is 14.4 Å². The molecule has 1 saturated heterocycles. The highest BCUT2D eigenvalue weighted by Crippen LogP contribution is 2.22. The predicted octanol–water partition coefficient (Wildman–Crippen LogP) is 2.06. The Morgan fingerprint density at radius 3 is 2.64 bits per heavy atom. The third-order valence-corrected chi connectivity index (χ3v) is 4.35. The molecule has 1 aromatic carbocycles. The normalized spacial score (nSPS) is 18.3. The number of nitrogens with one attached hydrogen (secondary N) is 1. The van der Waals surface area contributed by atoms with Crippen molar-refractivity contribution in [2.45, 2.75) is 39.2 Å². The number of benzene rings is 1. The first kappa shape index (κ1) is 19.0. The van der Waals surface area contributed by atoms with Crippen molar-refractivity contribution in [2.75, 3.05) is 19.7 Å². The van der Waals surface area contributed by atoms with Crippen LogP contribution in [0, 0.1) is 5.92 Å². The van der Waals surface area contributed by atoms with Crippen LogP contribution in [0.2, 0.25) is 0 Å². The van der Waals surface area contributed by atoms with Gasteiger partial charge < -0.3 is 15.0 Å². The van der Waals surface area contributed by atoms with Gasteiger partial charge in [0.1, 0.15) is 0 Å². The molecule has 1 aromatic rings. The van der Waals surface area contributed by atoms with Crippen molar-refractivity contribution in [3.63, 3.8) is 0 Å². The van der Waals surface area contributed by atoms with Gasteiger partial charge in [0, 0.05) is 20.0 Å². The van der Waals surface area contributed by atoms with Crippen molar-refractivity contribution in [1.29, 1.82) is 0 Å². The summed E-state index contributed by atoms with van der Waals surface area (Å²) < 4.78 is 5.08. The van der Waals surface area contributed by atoms with E-state index in [4.69, 9.17) is 4.74 Å². The highest BCUT2D eigenvalue weighted by Gasteiger charge is 2.30. The van der Waals surface area contributed by atoms with Gasteiger partial charge in [-0.15, -0.1) is 0 Å². The molecule has 136 valence electrons. The van der Waals surface area contributed by atoms with Crippen molar-refractivity contribution in [3.05, 3.63) is 35.9 Å². The summed E-state index contributed by atoms with van der Waals surface area (Å²) in [4.78, 5) is 37.9. The van der Waals surface area contributed by atoms with Gasteiger partial charge in [0.05, 0.1) is 25.0 Å². The van der Waals surface area contributed by atoms with Crippen LogP contribution in [0.5, 0.6) is 0 Å². The smallest absolute Gasteiger partial charge is 0.310 e. The van der Waals surface area contributed by atoms with Gasteiger partial charge in [-0.05, 0) is 25.3 Å². The van der Waals surface area contributed by atoms with E-state index in [0.717, 1.165) is 18.4 Å². The van der Waals surface area contributed by atoms with Gasteiger partial charge in [-0.1, -0.05) is 30.3 Å². The second-order valence-corrected chi connectivity index (χ2v) is 6.30. The number of piperidine rings is 1. The van der Waals surface area contributed by atoms with Crippen molar-refractivity contribution in [2.24, 2.45) is 5.92 Å². The zero-order valence-corrected chi connectivity index (χ0v) is 14.9. The third kappa shape index (κ3) is 5.59. The number of likely N-dealkylation sites (tertiary alicyclic amines) is 1. The van der Waals surface area contributed by atoms with E-state index in [-0.39, 0.29) is 36.2 Å². The van der Waals surface area contributed by atoms with Crippen LogP contribution >= 0.6 is 0 Å². The number of amides is 2. The Labute approximate surface area is 148 Å². The third-order valence-electron chi connectivity index (χ3n) is 4.35. The molecule has 25 heavy (non-hydrogen) atoms. The fourth-order valence-electron chi connectivity index (χ4n) is 3.14. The molecule has 1 heterocycles. The maximum Gasteiger partial charge on any atom is 0.310 e. The van der Waals surface area contributed by atoms with E-state index in [1.807, 2.05) is 30.3 Å². The zero-order chi connectivity index (χ0) is 18.2. The molecule has 0 aliphatic carbocycles. The molecule has 1 aliphatic rings. The maximum atomic E-state index is 12.7. The van der Waals surface area contributed by atoms with E-state index < -0.39 is 0 Å². The van der Waals surface area contributed by atoms with Crippen LogP contribution in [0.1, 0.15) is 44.7 Å². The first-order valence-corrected chi connectivity index (χ1v) is 8.77. The Bertz CT molecular complexity index is 603. The zero-order valence-electron chi connectivity index (χ0n) is 14.9. The minimum Gasteiger partial charge on any atom is -0.466 e. The second kappa shape index (κ2) is 9.20. The SMILES string of the molecule is CCOC(=O)[C@@H]1CCCN(C(=O)C[C@@H](NC(C)=O)c2ccccc2)C1. The summed E-state index contributed by atoms with van der Waals surface area (Å²) in [6.07, 6.45) is 1.71. The van der Waals surface area contributed by atoms with Crippen LogP contribution in [0.15, 0.2) is 30.3 Å². The van der Waals surface area contributed by atoms with E-state index >= 15 is 0 Å². The summed E-state index contributed by atoms with van der Waals surface area (Å²) in [5, 5.41) is 2.84. The fraction of sp³-hybridized carbons (Fsp3) is 0.526. The van der Waals surface area contributed by atoms with Gasteiger partial charge in [0.15, 0.2) is 0 Å². The molecule has 1 N–H and O–H groups in total. The van der Waals surface area contributed by atoms with Gasteiger partial charge in [-0.25, -0.2) is 0 Å². The van der Waals surface area contributed by atoms with Crippen molar-refractivity contribution in [1.82, 2.24) is 10.2 Å². The highest BCUT2D eigenvalue weighted by atomic mass is 16.5. The number of carbonyl (C=O) groups is 3. The summed E-state index contributed by atoms with van der Waals surface area (Å²) in [7, 11) is 0. The molecule has 2 rings (SSSR count). The largest absolute Gasteiger partial charge is 0.466 e. The monoisotopic (exact) mass is 346 g/mol. The number of carbonyl (C=O) groups excluding carboxylic acids is 3. The van der Waals surface area contributed by atoms with E-state index in [9.17, 15) is 14.4 Å². The minimum atomic E-state index is -0.367. The maximum absolute atomic E-state index is 12.7. The fourth-order valence-corrected chi connectivity index (χ4v) is 3.14. The second-order valence-electron chi connectivity index (χ2n) is 6.30. The lowest BCUT2D eigenvalue weighted by Gasteiger charge is -2.32. The molecule has 0 bridgehead atoms. The topological polar surface area (TPSA) is 75.7 Å². The van der Waals surface area contributed by atoms with E-state index in [1.165, 1.54) is 6.92 Å². The summed E-state index contributed by atoms with van der Waals surface area (Å²) in [5.41, 5.74) is 0.894. The van der Waals surface area contributed by atoms with Crippen LogP contribution < -0.4 is 5.32 Å². The molecule has 0 spiro atoms. The molecule has 6 nitrogen and oxygen atoms in total. The van der Waals surface area contributed by atoms with Crippen LogP contribution in [0.3, 0.4) is 0 Å². The molecule has 0 aromatic heterocycles. The molecule has 0 unspecified atom stereocenters. The molecule has 1 aliphatic heterocycles. The molecular weight excluding hydrogens is 320 g/mol. The Balaban J connectivity index is 2.02. The number of nitrogens with zero attached hydrogens (tertiary/aromatic N) is 1. The van der Waals surface area contributed by atoms with Crippen LogP contribution in [0.4, 0.5) is 0 Å². The lowest BCUT2D eigenvalue weighted by Crippen LogP contribution is -2.44. The molecule has 2 atom stereocenters. The molecule has 0 saturated carbocycles. The molecule has 1 fully saturated rings. The van der Waals surface area contributed by atoms with Crippen LogP contribution in [-0.4, -0.2) is 42.4 Å². The summed E-state index contributed by atoms with van der Waals surface area (Å²) in [6, 6.07) is 9.08. The Hall–Kier alpha value is -2.37. The number of ether oxygens (including phenoxy) is 1. The Kier molecular flexibility index (Phi) is 6.98. The predicted molar refractivity (Wildman–Crippen MR) is 93.6 cm³/mol. The minimum absolute atomic E-state index is 0.0587. The molecule has 6 heteroatoms.